The van der Waals surface area contributed by atoms with E-state index in [0.717, 1.165) is 46.5 Å². The van der Waals surface area contributed by atoms with E-state index in [-0.39, 0.29) is 34.1 Å². The lowest BCUT2D eigenvalue weighted by Crippen LogP contribution is -2.31. The predicted molar refractivity (Wildman–Crippen MR) is 194 cm³/mol. The van der Waals surface area contributed by atoms with Crippen LogP contribution in [-0.4, -0.2) is 5.66 Å². The molecule has 5 aromatic carbocycles. The summed E-state index contributed by atoms with van der Waals surface area (Å²) in [4.78, 5) is 0. The quantitative estimate of drug-likeness (QED) is 0.109. The minimum Gasteiger partial charge on any atom is -0.166 e. The molecule has 0 heterocycles. The second-order valence-electron chi connectivity index (χ2n) is 13.2. The highest BCUT2D eigenvalue weighted by Gasteiger charge is 2.42. The Labute approximate surface area is 299 Å². The largest absolute Gasteiger partial charge is 0.416 e. The van der Waals surface area contributed by atoms with E-state index in [2.05, 4.69) is 36.4 Å². The fourth-order valence-electron chi connectivity index (χ4n) is 7.49. The third-order valence-electron chi connectivity index (χ3n) is 9.72. The van der Waals surface area contributed by atoms with Crippen LogP contribution in [0.5, 0.6) is 0 Å². The number of hydrogen-bond donors (Lipinski definition) is 0. The smallest absolute Gasteiger partial charge is 0.166 e. The van der Waals surface area contributed by atoms with E-state index in [9.17, 15) is 39.5 Å². The van der Waals surface area contributed by atoms with Crippen LogP contribution in [0.15, 0.2) is 121 Å². The molecule has 0 aliphatic heterocycles. The maximum absolute atomic E-state index is 14.2. The summed E-state index contributed by atoms with van der Waals surface area (Å²) in [7, 11) is -3.20. The van der Waals surface area contributed by atoms with Crippen molar-refractivity contribution in [3.05, 3.63) is 149 Å². The fraction of sp³-hybridized carbons (Fsp3) is 0.268. The number of benzene rings is 5. The third-order valence-corrected chi connectivity index (χ3v) is 15.1. The molecule has 5 aromatic rings. The number of halogens is 9. The number of aryl methyl sites for hydroxylation is 1. The average molecular weight is 761 g/mol. The Balaban J connectivity index is 1.52. The van der Waals surface area contributed by atoms with Crippen molar-refractivity contribution >= 4 is 42.4 Å². The highest BCUT2D eigenvalue weighted by molar-refractivity contribution is 7.80. The van der Waals surface area contributed by atoms with Crippen LogP contribution in [0.1, 0.15) is 59.9 Å². The van der Waals surface area contributed by atoms with Gasteiger partial charge in [0.15, 0.2) is 0 Å². The maximum atomic E-state index is 14.2. The van der Waals surface area contributed by atoms with Crippen molar-refractivity contribution in [1.29, 1.82) is 0 Å². The van der Waals surface area contributed by atoms with E-state index in [1.807, 2.05) is 48.5 Å². The summed E-state index contributed by atoms with van der Waals surface area (Å²) in [5.74, 6) is -0.372. The van der Waals surface area contributed by atoms with Crippen molar-refractivity contribution in [2.45, 2.75) is 63.2 Å². The molecule has 1 aliphatic rings. The SMILES string of the molecule is Cc1cc(P(c2cc(C(F)(F)F)cc(C(F)(F)F)c2)[C@H](C)C2CCCC2c2ccccc2P(c2ccccc2)c2ccccc2)cc(C(F)(F)F)c1. The van der Waals surface area contributed by atoms with Crippen LogP contribution in [0, 0.1) is 12.8 Å². The van der Waals surface area contributed by atoms with E-state index in [1.165, 1.54) is 13.0 Å². The molecule has 0 bridgehead atoms. The molecule has 6 rings (SSSR count). The third kappa shape index (κ3) is 8.26. The lowest BCUT2D eigenvalue weighted by molar-refractivity contribution is -0.143. The number of rotatable bonds is 8. The van der Waals surface area contributed by atoms with Crippen LogP contribution in [0.25, 0.3) is 0 Å². The molecule has 1 fully saturated rings. The normalized spacial score (nSPS) is 18.1. The lowest BCUT2D eigenvalue weighted by atomic mass is 9.87. The molecule has 0 spiro atoms. The standard InChI is InChI=1S/C41H35F9P2/c1-26-20-28(39(42,43)44)23-33(21-26)51(34-24-29(40(45,46)47)22-30(25-34)41(48,49)50)27(2)35-17-11-18-36(35)37-16-9-10-19-38(37)52(31-12-5-3-6-13-31)32-14-7-4-8-15-32/h3-10,12-16,19-25,27,35-36H,11,17-18H2,1-2H3/t27-,35?,36?,51?/m1/s1. The van der Waals surface area contributed by atoms with Crippen LogP contribution in [0.3, 0.4) is 0 Å². The van der Waals surface area contributed by atoms with E-state index in [4.69, 9.17) is 0 Å². The Bertz CT molecular complexity index is 1910. The Morgan fingerprint density at radius 1 is 0.538 bits per heavy atom. The minimum atomic E-state index is -5.11. The molecule has 0 nitrogen and oxygen atoms in total. The van der Waals surface area contributed by atoms with E-state index in [1.54, 1.807) is 6.92 Å². The molecule has 272 valence electrons. The van der Waals surface area contributed by atoms with Gasteiger partial charge in [0, 0.05) is 0 Å². The van der Waals surface area contributed by atoms with Crippen molar-refractivity contribution in [2.75, 3.05) is 0 Å². The van der Waals surface area contributed by atoms with Gasteiger partial charge in [0.1, 0.15) is 0 Å². The maximum Gasteiger partial charge on any atom is 0.416 e. The van der Waals surface area contributed by atoms with Gasteiger partial charge in [-0.3, -0.25) is 0 Å². The van der Waals surface area contributed by atoms with Crippen LogP contribution < -0.4 is 26.5 Å². The van der Waals surface area contributed by atoms with Gasteiger partial charge in [-0.15, -0.1) is 0 Å². The van der Waals surface area contributed by atoms with Crippen LogP contribution in [-0.2, 0) is 18.5 Å². The molecular weight excluding hydrogens is 725 g/mol. The van der Waals surface area contributed by atoms with Gasteiger partial charge in [-0.05, 0) is 121 Å². The molecule has 4 atom stereocenters. The van der Waals surface area contributed by atoms with Crippen molar-refractivity contribution in [2.24, 2.45) is 5.92 Å². The molecule has 0 radical (unpaired) electrons. The Kier molecular flexibility index (Phi) is 11.0. The second-order valence-corrected chi connectivity index (χ2v) is 18.0. The zero-order valence-corrected chi connectivity index (χ0v) is 30.0. The predicted octanol–water partition coefficient (Wildman–Crippen LogP) is 11.2. The Hall–Kier alpha value is -3.67. The molecule has 1 saturated carbocycles. The average Bonchev–Trinajstić information content (AvgIpc) is 3.58. The van der Waals surface area contributed by atoms with Crippen molar-refractivity contribution < 1.29 is 39.5 Å². The second kappa shape index (κ2) is 15.0. The van der Waals surface area contributed by atoms with Gasteiger partial charge in [0.2, 0.25) is 0 Å². The Morgan fingerprint density at radius 3 is 1.52 bits per heavy atom. The number of hydrogen-bond acceptors (Lipinski definition) is 0. The highest BCUT2D eigenvalue weighted by atomic mass is 31.1. The van der Waals surface area contributed by atoms with Crippen LogP contribution >= 0.6 is 15.8 Å². The van der Waals surface area contributed by atoms with Gasteiger partial charge in [-0.25, -0.2) is 0 Å². The van der Waals surface area contributed by atoms with Gasteiger partial charge in [-0.2, -0.15) is 39.5 Å². The van der Waals surface area contributed by atoms with Crippen LogP contribution in [0.4, 0.5) is 39.5 Å². The lowest BCUT2D eigenvalue weighted by Gasteiger charge is -2.36. The minimum absolute atomic E-state index is 0.0726. The summed E-state index contributed by atoms with van der Waals surface area (Å²) in [6, 6.07) is 32.9. The summed E-state index contributed by atoms with van der Waals surface area (Å²) in [6.45, 7) is 3.24. The molecule has 3 unspecified atom stereocenters. The molecule has 0 saturated heterocycles. The van der Waals surface area contributed by atoms with E-state index < -0.39 is 56.7 Å². The van der Waals surface area contributed by atoms with Crippen molar-refractivity contribution in [3.63, 3.8) is 0 Å². The van der Waals surface area contributed by atoms with E-state index >= 15 is 0 Å². The molecule has 1 aliphatic carbocycles. The fourth-order valence-corrected chi connectivity index (χ4v) is 13.2. The first-order valence-electron chi connectivity index (χ1n) is 16.8. The van der Waals surface area contributed by atoms with E-state index in [0.29, 0.717) is 18.6 Å². The molecular formula is C41H35F9P2. The monoisotopic (exact) mass is 760 g/mol. The summed E-state index contributed by atoms with van der Waals surface area (Å²) in [5, 5.41) is 3.17. The van der Waals surface area contributed by atoms with Crippen molar-refractivity contribution in [3.8, 4) is 0 Å². The first-order valence-corrected chi connectivity index (χ1v) is 19.5. The first kappa shape index (κ1) is 38.1. The van der Waals surface area contributed by atoms with Crippen LogP contribution in [0.2, 0.25) is 0 Å². The molecule has 52 heavy (non-hydrogen) atoms. The Morgan fingerprint density at radius 2 is 1.00 bits per heavy atom. The van der Waals surface area contributed by atoms with Gasteiger partial charge in [0.25, 0.3) is 0 Å². The summed E-state index contributed by atoms with van der Waals surface area (Å²) in [6.07, 6.45) is -12.9. The van der Waals surface area contributed by atoms with Gasteiger partial charge in [-0.1, -0.05) is 104 Å². The molecule has 0 N–H and O–H groups in total. The zero-order chi connectivity index (χ0) is 37.4. The van der Waals surface area contributed by atoms with Crippen molar-refractivity contribution in [1.82, 2.24) is 0 Å². The number of alkyl halides is 9. The topological polar surface area (TPSA) is 0 Å². The van der Waals surface area contributed by atoms with Gasteiger partial charge in [0.05, 0.1) is 16.7 Å². The zero-order valence-electron chi connectivity index (χ0n) is 28.2. The van der Waals surface area contributed by atoms with Gasteiger partial charge < -0.3 is 0 Å². The molecule has 0 amide bonds. The molecule has 0 aromatic heterocycles. The molecule has 11 heteroatoms. The summed E-state index contributed by atoms with van der Waals surface area (Å²) < 4.78 is 127. The van der Waals surface area contributed by atoms with Gasteiger partial charge >= 0.3 is 18.5 Å². The highest BCUT2D eigenvalue weighted by Crippen LogP contribution is 2.54. The summed E-state index contributed by atoms with van der Waals surface area (Å²) >= 11 is 0. The summed E-state index contributed by atoms with van der Waals surface area (Å²) in [5.41, 5.74) is -3.27. The first-order chi connectivity index (χ1) is 24.5.